The van der Waals surface area contributed by atoms with Crippen molar-refractivity contribution in [3.8, 4) is 0 Å². The molecule has 0 amide bonds. The van der Waals surface area contributed by atoms with E-state index >= 15 is 0 Å². The third-order valence-electron chi connectivity index (χ3n) is 0.696. The first-order chi connectivity index (χ1) is 3.13. The van der Waals surface area contributed by atoms with Gasteiger partial charge in [0.25, 0.3) is 0 Å². The molecule has 0 rings (SSSR count). The normalized spacial score (nSPS) is 8.50. The summed E-state index contributed by atoms with van der Waals surface area (Å²) in [5.74, 6) is 0.813. The maximum absolute atomic E-state index is 10.3. The Labute approximate surface area is 66.4 Å². The van der Waals surface area contributed by atoms with Crippen molar-refractivity contribution in [2.45, 2.75) is 27.2 Å². The molecule has 1 nitrogen and oxygen atoms in total. The summed E-state index contributed by atoms with van der Waals surface area (Å²) >= 11 is 0. The van der Waals surface area contributed by atoms with E-state index in [0.717, 1.165) is 6.42 Å². The molecule has 0 bridgehead atoms. The predicted molar refractivity (Wildman–Crippen MR) is 30.1 cm³/mol. The minimum absolute atomic E-state index is 0. The molecule has 0 saturated heterocycles. The molecule has 0 aromatic carbocycles. The summed E-state index contributed by atoms with van der Waals surface area (Å²) in [6.07, 6.45) is 0.722. The second kappa shape index (κ2) is 5.55. The fraction of sp³-hybridized carbons (Fsp3) is 0.833. The van der Waals surface area contributed by atoms with Crippen LogP contribution in [0, 0.1) is 5.92 Å². The number of carbonyl (C=O) groups excluding carboxylic acids is 1. The Balaban J connectivity index is 0. The van der Waals surface area contributed by atoms with Gasteiger partial charge < -0.3 is 4.79 Å². The average Bonchev–Trinajstić information content (AvgIpc) is 1.27. The molecule has 0 N–H and O–H groups in total. The minimum atomic E-state index is 0. The van der Waals surface area contributed by atoms with E-state index in [9.17, 15) is 4.79 Å². The molecule has 0 saturated carbocycles. The largest absolute Gasteiger partial charge is 0.300 e. The molecule has 0 aromatic heterocycles. The number of ketones is 1. The molecule has 2 heteroatoms. The molecule has 0 aliphatic rings. The molecule has 0 aliphatic heterocycles. The van der Waals surface area contributed by atoms with E-state index in [0.29, 0.717) is 5.92 Å². The summed E-state index contributed by atoms with van der Waals surface area (Å²) in [7, 11) is 0. The molecule has 0 fully saturated rings. The van der Waals surface area contributed by atoms with Crippen LogP contribution >= 0.6 is 0 Å². The van der Waals surface area contributed by atoms with Gasteiger partial charge in [-0.2, -0.15) is 0 Å². The molecule has 47 valence electrons. The van der Waals surface area contributed by atoms with Crippen molar-refractivity contribution in [1.29, 1.82) is 0 Å². The quantitative estimate of drug-likeness (QED) is 0.751. The summed E-state index contributed by atoms with van der Waals surface area (Å²) < 4.78 is 0. The number of Topliss-reactive ketones (excluding diaryl/α,β-unsaturated/α-hetero) is 1. The van der Waals surface area contributed by atoms with Gasteiger partial charge in [-0.3, -0.25) is 0 Å². The van der Waals surface area contributed by atoms with Crippen LogP contribution in [0.5, 0.6) is 0 Å². The van der Waals surface area contributed by atoms with Crippen molar-refractivity contribution in [3.63, 3.8) is 0 Å². The fourth-order valence-electron chi connectivity index (χ4n) is 0.575. The zero-order valence-corrected chi connectivity index (χ0v) is 8.85. The molecule has 0 aromatic rings. The van der Waals surface area contributed by atoms with Crippen LogP contribution in [-0.4, -0.2) is 5.78 Å². The van der Waals surface area contributed by atoms with Crippen LogP contribution in [0.25, 0.3) is 0 Å². The molecular weight excluding hydrogens is 269 g/mol. The van der Waals surface area contributed by atoms with E-state index in [1.807, 2.05) is 13.8 Å². The molecule has 0 atom stereocenters. The molecule has 0 spiro atoms. The second-order valence-electron chi connectivity index (χ2n) is 2.30. The molecule has 8 heavy (non-hydrogen) atoms. The summed E-state index contributed by atoms with van der Waals surface area (Å²) in [4.78, 5) is 10.3. The summed E-state index contributed by atoms with van der Waals surface area (Å²) in [5, 5.41) is 0. The summed E-state index contributed by atoms with van der Waals surface area (Å²) in [5.41, 5.74) is 0. The van der Waals surface area contributed by atoms with Gasteiger partial charge in [0.2, 0.25) is 0 Å². The van der Waals surface area contributed by atoms with Crippen molar-refractivity contribution in [2.75, 3.05) is 0 Å². The maximum atomic E-state index is 10.3. The second-order valence-corrected chi connectivity index (χ2v) is 2.30. The van der Waals surface area contributed by atoms with E-state index < -0.39 is 0 Å². The van der Waals surface area contributed by atoms with Gasteiger partial charge in [-0.05, 0) is 12.8 Å². The molecule has 0 aliphatic carbocycles. The molecular formula is C6H12OTa. The topological polar surface area (TPSA) is 17.1 Å². The van der Waals surface area contributed by atoms with Crippen molar-refractivity contribution >= 4 is 5.78 Å². The smallest absolute Gasteiger partial charge is 0.130 e. The van der Waals surface area contributed by atoms with Gasteiger partial charge in [0, 0.05) is 28.8 Å². The van der Waals surface area contributed by atoms with Crippen LogP contribution in [-0.2, 0) is 27.2 Å². The predicted octanol–water partition coefficient (Wildman–Crippen LogP) is 1.62. The molecule has 0 heterocycles. The minimum Gasteiger partial charge on any atom is -0.300 e. The number of carbonyl (C=O) groups is 1. The Bertz CT molecular complexity index is 68.9. The van der Waals surface area contributed by atoms with Crippen LogP contribution in [0.4, 0.5) is 0 Å². The van der Waals surface area contributed by atoms with Crippen LogP contribution in [0.3, 0.4) is 0 Å². The fourth-order valence-corrected chi connectivity index (χ4v) is 0.575. The van der Waals surface area contributed by atoms with Crippen LogP contribution in [0.15, 0.2) is 0 Å². The van der Waals surface area contributed by atoms with Crippen molar-refractivity contribution < 1.29 is 27.2 Å². The number of hydrogen-bond donors (Lipinski definition) is 0. The third kappa shape index (κ3) is 9.65. The van der Waals surface area contributed by atoms with Gasteiger partial charge in [-0.1, -0.05) is 13.8 Å². The van der Waals surface area contributed by atoms with Gasteiger partial charge in [-0.15, -0.1) is 0 Å². The van der Waals surface area contributed by atoms with Crippen molar-refractivity contribution in [3.05, 3.63) is 0 Å². The zero-order valence-electron chi connectivity index (χ0n) is 5.64. The van der Waals surface area contributed by atoms with Crippen LogP contribution in [0.1, 0.15) is 27.2 Å². The van der Waals surface area contributed by atoms with Crippen LogP contribution in [0.2, 0.25) is 0 Å². The number of hydrogen-bond acceptors (Lipinski definition) is 1. The van der Waals surface area contributed by atoms with Crippen molar-refractivity contribution in [2.24, 2.45) is 5.92 Å². The SMILES string of the molecule is CC(=O)CC(C)C.[Ta]. The molecule has 0 unspecified atom stereocenters. The van der Waals surface area contributed by atoms with Crippen LogP contribution < -0.4 is 0 Å². The van der Waals surface area contributed by atoms with Gasteiger partial charge in [0.15, 0.2) is 0 Å². The van der Waals surface area contributed by atoms with Gasteiger partial charge >= 0.3 is 0 Å². The van der Waals surface area contributed by atoms with Crippen molar-refractivity contribution in [1.82, 2.24) is 0 Å². The van der Waals surface area contributed by atoms with E-state index in [1.54, 1.807) is 6.92 Å². The Morgan fingerprint density at radius 3 is 1.88 bits per heavy atom. The monoisotopic (exact) mass is 281 g/mol. The van der Waals surface area contributed by atoms with Gasteiger partial charge in [0.05, 0.1) is 0 Å². The standard InChI is InChI=1S/C6H12O.Ta/c1-5(2)4-6(3)7;/h5H,4H2,1-3H3;. The first kappa shape index (κ1) is 11.2. The first-order valence-electron chi connectivity index (χ1n) is 2.62. The molecule has 1 radical (unpaired) electrons. The van der Waals surface area contributed by atoms with Gasteiger partial charge in [0.1, 0.15) is 5.78 Å². The summed E-state index contributed by atoms with van der Waals surface area (Å²) in [6, 6.07) is 0. The van der Waals surface area contributed by atoms with E-state index in [2.05, 4.69) is 0 Å². The Morgan fingerprint density at radius 1 is 1.50 bits per heavy atom. The Morgan fingerprint density at radius 2 is 1.88 bits per heavy atom. The Kier molecular flexibility index (Phi) is 7.79. The van der Waals surface area contributed by atoms with E-state index in [4.69, 9.17) is 0 Å². The van der Waals surface area contributed by atoms with E-state index in [-0.39, 0.29) is 28.2 Å². The van der Waals surface area contributed by atoms with Gasteiger partial charge in [-0.25, -0.2) is 0 Å². The third-order valence-corrected chi connectivity index (χ3v) is 0.696. The number of rotatable bonds is 2. The Hall–Kier alpha value is 0.410. The van der Waals surface area contributed by atoms with E-state index in [1.165, 1.54) is 0 Å². The summed E-state index contributed by atoms with van der Waals surface area (Å²) in [6.45, 7) is 5.71. The average molecular weight is 281 g/mol. The zero-order chi connectivity index (χ0) is 5.86. The maximum Gasteiger partial charge on any atom is 0.130 e. The first-order valence-corrected chi connectivity index (χ1v) is 2.62.